The smallest absolute Gasteiger partial charge is 0.0961 e. The molecule has 2 aromatic rings. The van der Waals surface area contributed by atoms with Gasteiger partial charge in [-0.15, -0.1) is 11.3 Å². The Kier molecular flexibility index (Phi) is 4.10. The molecular formula is C13H12Cl2OS. The lowest BCUT2D eigenvalue weighted by atomic mass is 10.1. The van der Waals surface area contributed by atoms with Gasteiger partial charge < -0.3 is 5.11 Å². The van der Waals surface area contributed by atoms with Gasteiger partial charge in [0.2, 0.25) is 0 Å². The molecule has 4 heteroatoms. The molecule has 1 N–H and O–H groups in total. The molecule has 0 saturated carbocycles. The largest absolute Gasteiger partial charge is 0.387 e. The van der Waals surface area contributed by atoms with Gasteiger partial charge in [-0.25, -0.2) is 0 Å². The van der Waals surface area contributed by atoms with E-state index in [1.807, 2.05) is 37.3 Å². The van der Waals surface area contributed by atoms with Crippen LogP contribution in [0.25, 0.3) is 0 Å². The standard InChI is InChI=1S/C13H12Cl2OS/c1-8-6-12(17-13(8)15)11(16)7-9-2-4-10(14)5-3-9/h2-6,11,16H,7H2,1H3. The number of rotatable bonds is 3. The van der Waals surface area contributed by atoms with Crippen molar-refractivity contribution in [2.75, 3.05) is 0 Å². The van der Waals surface area contributed by atoms with Gasteiger partial charge in [-0.2, -0.15) is 0 Å². The third-order valence-corrected chi connectivity index (χ3v) is 4.46. The van der Waals surface area contributed by atoms with Crippen LogP contribution in [0.4, 0.5) is 0 Å². The summed E-state index contributed by atoms with van der Waals surface area (Å²) in [5.74, 6) is 0. The van der Waals surface area contributed by atoms with Gasteiger partial charge >= 0.3 is 0 Å². The molecule has 0 spiro atoms. The zero-order chi connectivity index (χ0) is 12.4. The van der Waals surface area contributed by atoms with Crippen molar-refractivity contribution in [2.45, 2.75) is 19.4 Å². The predicted molar refractivity (Wildman–Crippen MR) is 74.2 cm³/mol. The van der Waals surface area contributed by atoms with E-state index < -0.39 is 6.10 Å². The fourth-order valence-electron chi connectivity index (χ4n) is 1.59. The number of benzene rings is 1. The van der Waals surface area contributed by atoms with Crippen LogP contribution in [0, 0.1) is 6.92 Å². The van der Waals surface area contributed by atoms with Gasteiger partial charge in [0, 0.05) is 16.3 Å². The van der Waals surface area contributed by atoms with E-state index in [0.29, 0.717) is 11.4 Å². The molecule has 0 aliphatic rings. The lowest BCUT2D eigenvalue weighted by Crippen LogP contribution is -1.99. The Labute approximate surface area is 115 Å². The van der Waals surface area contributed by atoms with Crippen LogP contribution in [0.3, 0.4) is 0 Å². The van der Waals surface area contributed by atoms with Gasteiger partial charge in [-0.3, -0.25) is 0 Å². The van der Waals surface area contributed by atoms with E-state index in [2.05, 4.69) is 0 Å². The second-order valence-corrected chi connectivity index (χ2v) is 6.07. The van der Waals surface area contributed by atoms with Crippen molar-refractivity contribution < 1.29 is 5.11 Å². The van der Waals surface area contributed by atoms with Gasteiger partial charge in [0.15, 0.2) is 0 Å². The number of thiophene rings is 1. The molecule has 1 aromatic carbocycles. The first-order valence-corrected chi connectivity index (χ1v) is 6.82. The fourth-order valence-corrected chi connectivity index (χ4v) is 2.92. The molecule has 2 rings (SSSR count). The maximum absolute atomic E-state index is 10.1. The van der Waals surface area contributed by atoms with E-state index in [9.17, 15) is 5.11 Å². The van der Waals surface area contributed by atoms with Crippen molar-refractivity contribution >= 4 is 34.5 Å². The molecule has 1 unspecified atom stereocenters. The van der Waals surface area contributed by atoms with Crippen LogP contribution in [0.5, 0.6) is 0 Å². The molecule has 1 aromatic heterocycles. The Morgan fingerprint density at radius 1 is 1.24 bits per heavy atom. The van der Waals surface area contributed by atoms with Gasteiger partial charge in [0.05, 0.1) is 10.4 Å². The second-order valence-electron chi connectivity index (χ2n) is 3.95. The minimum atomic E-state index is -0.507. The highest BCUT2D eigenvalue weighted by Crippen LogP contribution is 2.32. The number of hydrogen-bond acceptors (Lipinski definition) is 2. The summed E-state index contributed by atoms with van der Waals surface area (Å²) in [5.41, 5.74) is 2.07. The predicted octanol–water partition coefficient (Wildman–Crippen LogP) is 4.64. The van der Waals surface area contributed by atoms with E-state index in [0.717, 1.165) is 20.3 Å². The Hall–Kier alpha value is -0.540. The van der Waals surface area contributed by atoms with Gasteiger partial charge in [-0.1, -0.05) is 35.3 Å². The molecule has 1 heterocycles. The van der Waals surface area contributed by atoms with Crippen molar-refractivity contribution in [3.05, 3.63) is 55.7 Å². The quantitative estimate of drug-likeness (QED) is 0.872. The maximum Gasteiger partial charge on any atom is 0.0961 e. The summed E-state index contributed by atoms with van der Waals surface area (Å²) in [5, 5.41) is 10.8. The highest BCUT2D eigenvalue weighted by molar-refractivity contribution is 7.16. The highest BCUT2D eigenvalue weighted by atomic mass is 35.5. The van der Waals surface area contributed by atoms with Crippen molar-refractivity contribution in [3.63, 3.8) is 0 Å². The Morgan fingerprint density at radius 2 is 1.88 bits per heavy atom. The number of aliphatic hydroxyl groups excluding tert-OH is 1. The Balaban J connectivity index is 2.11. The summed E-state index contributed by atoms with van der Waals surface area (Å²) in [6.45, 7) is 1.94. The fraction of sp³-hybridized carbons (Fsp3) is 0.231. The van der Waals surface area contributed by atoms with Crippen LogP contribution in [0.15, 0.2) is 30.3 Å². The number of hydrogen-bond donors (Lipinski definition) is 1. The summed E-state index contributed by atoms with van der Waals surface area (Å²) < 4.78 is 0.746. The zero-order valence-electron chi connectivity index (χ0n) is 9.28. The molecule has 0 aliphatic carbocycles. The van der Waals surface area contributed by atoms with Crippen molar-refractivity contribution in [2.24, 2.45) is 0 Å². The molecular weight excluding hydrogens is 275 g/mol. The number of halogens is 2. The van der Waals surface area contributed by atoms with Crippen LogP contribution in [0.1, 0.15) is 22.1 Å². The first-order valence-electron chi connectivity index (χ1n) is 5.24. The molecule has 17 heavy (non-hydrogen) atoms. The van der Waals surface area contributed by atoms with Gasteiger partial charge in [0.25, 0.3) is 0 Å². The van der Waals surface area contributed by atoms with Crippen molar-refractivity contribution in [1.29, 1.82) is 0 Å². The van der Waals surface area contributed by atoms with E-state index in [1.165, 1.54) is 11.3 Å². The summed E-state index contributed by atoms with van der Waals surface area (Å²) >= 11 is 13.2. The third kappa shape index (κ3) is 3.23. The topological polar surface area (TPSA) is 20.2 Å². The maximum atomic E-state index is 10.1. The van der Waals surface area contributed by atoms with E-state index in [-0.39, 0.29) is 0 Å². The van der Waals surface area contributed by atoms with Crippen LogP contribution >= 0.6 is 34.5 Å². The highest BCUT2D eigenvalue weighted by Gasteiger charge is 2.13. The molecule has 0 aliphatic heterocycles. The summed E-state index contributed by atoms with van der Waals surface area (Å²) in [7, 11) is 0. The van der Waals surface area contributed by atoms with Crippen LogP contribution < -0.4 is 0 Å². The van der Waals surface area contributed by atoms with Crippen LogP contribution in [-0.4, -0.2) is 5.11 Å². The Bertz CT molecular complexity index is 485. The minimum absolute atomic E-state index is 0.507. The van der Waals surface area contributed by atoms with E-state index >= 15 is 0 Å². The molecule has 0 amide bonds. The van der Waals surface area contributed by atoms with Crippen molar-refractivity contribution in [1.82, 2.24) is 0 Å². The number of aryl methyl sites for hydroxylation is 1. The molecule has 0 fully saturated rings. The first kappa shape index (κ1) is 12.9. The Morgan fingerprint density at radius 3 is 2.41 bits per heavy atom. The number of aliphatic hydroxyl groups is 1. The average molecular weight is 287 g/mol. The zero-order valence-corrected chi connectivity index (χ0v) is 11.6. The van der Waals surface area contributed by atoms with Gasteiger partial charge in [-0.05, 0) is 36.2 Å². The molecule has 0 radical (unpaired) electrons. The lowest BCUT2D eigenvalue weighted by Gasteiger charge is -2.08. The summed E-state index contributed by atoms with van der Waals surface area (Å²) in [4.78, 5) is 0.905. The SMILES string of the molecule is Cc1cc(C(O)Cc2ccc(Cl)cc2)sc1Cl. The van der Waals surface area contributed by atoms with Crippen LogP contribution in [-0.2, 0) is 6.42 Å². The third-order valence-electron chi connectivity index (χ3n) is 2.55. The molecule has 90 valence electrons. The van der Waals surface area contributed by atoms with E-state index in [4.69, 9.17) is 23.2 Å². The molecule has 0 saturated heterocycles. The molecule has 1 atom stereocenters. The second kappa shape index (κ2) is 5.40. The van der Waals surface area contributed by atoms with Crippen molar-refractivity contribution in [3.8, 4) is 0 Å². The monoisotopic (exact) mass is 286 g/mol. The normalized spacial score (nSPS) is 12.7. The van der Waals surface area contributed by atoms with Crippen LogP contribution in [0.2, 0.25) is 9.36 Å². The summed E-state index contributed by atoms with van der Waals surface area (Å²) in [6.07, 6.45) is 0.0698. The van der Waals surface area contributed by atoms with Gasteiger partial charge in [0.1, 0.15) is 0 Å². The first-order chi connectivity index (χ1) is 8.06. The summed E-state index contributed by atoms with van der Waals surface area (Å²) in [6, 6.07) is 9.45. The average Bonchev–Trinajstić information content (AvgIpc) is 2.63. The molecule has 1 nitrogen and oxygen atoms in total. The lowest BCUT2D eigenvalue weighted by molar-refractivity contribution is 0.182. The minimum Gasteiger partial charge on any atom is -0.387 e. The van der Waals surface area contributed by atoms with E-state index in [1.54, 1.807) is 0 Å². The molecule has 0 bridgehead atoms.